The van der Waals surface area contributed by atoms with Gasteiger partial charge in [0.15, 0.2) is 0 Å². The molecule has 1 amide bonds. The number of likely N-dealkylation sites (N-methyl/N-ethyl adjacent to an activating group) is 1. The highest BCUT2D eigenvalue weighted by molar-refractivity contribution is 6.44. The van der Waals surface area contributed by atoms with Crippen molar-refractivity contribution in [3.63, 3.8) is 0 Å². The van der Waals surface area contributed by atoms with Crippen LogP contribution in [0.3, 0.4) is 0 Å². The number of halogens is 6. The number of benzene rings is 2. The largest absolute Gasteiger partial charge is 0.416 e. The van der Waals surface area contributed by atoms with Gasteiger partial charge in [-0.05, 0) is 36.9 Å². The predicted octanol–water partition coefficient (Wildman–Crippen LogP) is 5.74. The van der Waals surface area contributed by atoms with Gasteiger partial charge in [0.05, 0.1) is 32.9 Å². The Morgan fingerprint density at radius 1 is 1.04 bits per heavy atom. The van der Waals surface area contributed by atoms with Gasteiger partial charge in [-0.15, -0.1) is 0 Å². The summed E-state index contributed by atoms with van der Waals surface area (Å²) in [5.41, 5.74) is 0.269. The molecule has 0 radical (unpaired) electrons. The first-order valence-corrected chi connectivity index (χ1v) is 8.48. The monoisotopic (exact) mass is 424 g/mol. The zero-order valence-corrected chi connectivity index (χ0v) is 15.8. The van der Waals surface area contributed by atoms with E-state index in [1.807, 2.05) is 0 Å². The molecule has 26 heavy (non-hydrogen) atoms. The Hall–Kier alpha value is -1.47. The molecule has 0 fully saturated rings. The van der Waals surface area contributed by atoms with Crippen molar-refractivity contribution in [2.75, 3.05) is 18.9 Å². The Labute approximate surface area is 163 Å². The van der Waals surface area contributed by atoms with Gasteiger partial charge in [-0.3, -0.25) is 9.69 Å². The highest BCUT2D eigenvalue weighted by Gasteiger charge is 2.29. The second-order valence-electron chi connectivity index (χ2n) is 5.66. The van der Waals surface area contributed by atoms with Gasteiger partial charge in [-0.25, -0.2) is 0 Å². The van der Waals surface area contributed by atoms with E-state index < -0.39 is 11.7 Å². The summed E-state index contributed by atoms with van der Waals surface area (Å²) in [5.74, 6) is -0.347. The predicted molar refractivity (Wildman–Crippen MR) is 97.9 cm³/mol. The molecule has 0 aliphatic carbocycles. The molecule has 0 unspecified atom stereocenters. The first-order valence-electron chi connectivity index (χ1n) is 7.35. The number of anilines is 1. The van der Waals surface area contributed by atoms with Crippen molar-refractivity contribution >= 4 is 46.4 Å². The van der Waals surface area contributed by atoms with Crippen LogP contribution in [0.5, 0.6) is 0 Å². The maximum Gasteiger partial charge on any atom is 0.416 e. The summed E-state index contributed by atoms with van der Waals surface area (Å²) < 4.78 is 37.7. The number of hydrogen-bond donors (Lipinski definition) is 1. The quantitative estimate of drug-likeness (QED) is 0.620. The van der Waals surface area contributed by atoms with E-state index in [1.165, 1.54) is 24.3 Å². The van der Waals surface area contributed by atoms with E-state index in [9.17, 15) is 18.0 Å². The molecule has 0 spiro atoms. The molecule has 9 heteroatoms. The standard InChI is InChI=1S/C17H14Cl3F3N2O/c1-25(8-10-2-4-11(5-3-10)17(21,22)23)9-16(26)24-15-7-13(19)12(18)6-14(15)20/h2-7H,8-9H2,1H3,(H,24,26). The second-order valence-corrected chi connectivity index (χ2v) is 6.88. The van der Waals surface area contributed by atoms with Crippen LogP contribution in [-0.4, -0.2) is 24.4 Å². The minimum absolute atomic E-state index is 0.0115. The molecule has 2 aromatic rings. The van der Waals surface area contributed by atoms with Crippen molar-refractivity contribution in [1.82, 2.24) is 4.90 Å². The Bertz CT molecular complexity index is 795. The van der Waals surface area contributed by atoms with Gasteiger partial charge in [-0.1, -0.05) is 46.9 Å². The molecule has 0 aliphatic heterocycles. The van der Waals surface area contributed by atoms with Gasteiger partial charge in [0.2, 0.25) is 5.91 Å². The summed E-state index contributed by atoms with van der Waals surface area (Å²) in [5, 5.41) is 3.39. The second kappa shape index (κ2) is 8.48. The summed E-state index contributed by atoms with van der Waals surface area (Å²) in [6.07, 6.45) is -4.37. The Morgan fingerprint density at radius 3 is 2.19 bits per heavy atom. The van der Waals surface area contributed by atoms with Gasteiger partial charge in [0.25, 0.3) is 0 Å². The van der Waals surface area contributed by atoms with Gasteiger partial charge in [-0.2, -0.15) is 13.2 Å². The van der Waals surface area contributed by atoms with Crippen molar-refractivity contribution in [2.24, 2.45) is 0 Å². The third-order valence-electron chi connectivity index (χ3n) is 3.43. The van der Waals surface area contributed by atoms with Crippen LogP contribution in [0.15, 0.2) is 36.4 Å². The number of alkyl halides is 3. The van der Waals surface area contributed by atoms with E-state index in [-0.39, 0.29) is 27.5 Å². The van der Waals surface area contributed by atoms with Crippen molar-refractivity contribution in [3.8, 4) is 0 Å². The van der Waals surface area contributed by atoms with Crippen molar-refractivity contribution in [2.45, 2.75) is 12.7 Å². The molecule has 0 bridgehead atoms. The van der Waals surface area contributed by atoms with E-state index >= 15 is 0 Å². The van der Waals surface area contributed by atoms with Gasteiger partial charge < -0.3 is 5.32 Å². The highest BCUT2D eigenvalue weighted by Crippen LogP contribution is 2.32. The molecule has 0 heterocycles. The third-order valence-corrected chi connectivity index (χ3v) is 4.47. The molecule has 0 aliphatic rings. The minimum atomic E-state index is -4.37. The van der Waals surface area contributed by atoms with Crippen molar-refractivity contribution in [1.29, 1.82) is 0 Å². The first-order chi connectivity index (χ1) is 12.1. The van der Waals surface area contributed by atoms with Crippen molar-refractivity contribution in [3.05, 3.63) is 62.6 Å². The summed E-state index contributed by atoms with van der Waals surface area (Å²) in [4.78, 5) is 13.8. The van der Waals surface area contributed by atoms with Crippen molar-refractivity contribution < 1.29 is 18.0 Å². The first kappa shape index (κ1) is 20.8. The molecule has 1 N–H and O–H groups in total. The maximum absolute atomic E-state index is 12.6. The summed E-state index contributed by atoms with van der Waals surface area (Å²) in [7, 11) is 1.67. The van der Waals surface area contributed by atoms with E-state index in [0.29, 0.717) is 17.8 Å². The number of nitrogens with zero attached hydrogens (tertiary/aromatic N) is 1. The zero-order chi connectivity index (χ0) is 19.5. The SMILES string of the molecule is CN(CC(=O)Nc1cc(Cl)c(Cl)cc1Cl)Cc1ccc(C(F)(F)F)cc1. The fraction of sp³-hybridized carbons (Fsp3) is 0.235. The molecule has 0 atom stereocenters. The lowest BCUT2D eigenvalue weighted by atomic mass is 10.1. The summed E-state index contributed by atoms with van der Waals surface area (Å²) >= 11 is 17.7. The highest BCUT2D eigenvalue weighted by atomic mass is 35.5. The number of rotatable bonds is 5. The normalized spacial score (nSPS) is 11.7. The number of amides is 1. The Balaban J connectivity index is 1.94. The number of nitrogens with one attached hydrogen (secondary N) is 1. The number of carbonyl (C=O) groups is 1. The van der Waals surface area contributed by atoms with Gasteiger partial charge in [0.1, 0.15) is 0 Å². The lowest BCUT2D eigenvalue weighted by molar-refractivity contribution is -0.137. The molecule has 2 aromatic carbocycles. The molecule has 0 saturated carbocycles. The van der Waals surface area contributed by atoms with E-state index in [0.717, 1.165) is 12.1 Å². The molecule has 3 nitrogen and oxygen atoms in total. The van der Waals surface area contributed by atoms with E-state index in [4.69, 9.17) is 34.8 Å². The minimum Gasteiger partial charge on any atom is -0.324 e. The van der Waals surface area contributed by atoms with Crippen LogP contribution >= 0.6 is 34.8 Å². The zero-order valence-electron chi connectivity index (χ0n) is 13.5. The van der Waals surface area contributed by atoms with Crippen LogP contribution in [-0.2, 0) is 17.5 Å². The third kappa shape index (κ3) is 5.77. The van der Waals surface area contributed by atoms with E-state index in [1.54, 1.807) is 11.9 Å². The smallest absolute Gasteiger partial charge is 0.324 e. The van der Waals surface area contributed by atoms with Crippen LogP contribution in [0, 0.1) is 0 Å². The maximum atomic E-state index is 12.6. The van der Waals surface area contributed by atoms with Crippen LogP contribution in [0.1, 0.15) is 11.1 Å². The van der Waals surface area contributed by atoms with Crippen LogP contribution < -0.4 is 5.32 Å². The number of hydrogen-bond acceptors (Lipinski definition) is 2. The van der Waals surface area contributed by atoms with Crippen LogP contribution in [0.2, 0.25) is 15.1 Å². The topological polar surface area (TPSA) is 32.3 Å². The fourth-order valence-electron chi connectivity index (χ4n) is 2.22. The molecule has 140 valence electrons. The van der Waals surface area contributed by atoms with Gasteiger partial charge in [0, 0.05) is 6.54 Å². The lowest BCUT2D eigenvalue weighted by Crippen LogP contribution is -2.30. The Kier molecular flexibility index (Phi) is 6.80. The number of carbonyl (C=O) groups excluding carboxylic acids is 1. The molecule has 0 aromatic heterocycles. The summed E-state index contributed by atoms with van der Waals surface area (Å²) in [6.45, 7) is 0.318. The molecule has 2 rings (SSSR count). The molecular formula is C17H14Cl3F3N2O. The van der Waals surface area contributed by atoms with E-state index in [2.05, 4.69) is 5.32 Å². The molecule has 0 saturated heterocycles. The van der Waals surface area contributed by atoms with Gasteiger partial charge >= 0.3 is 6.18 Å². The fourth-order valence-corrected chi connectivity index (χ4v) is 2.81. The average Bonchev–Trinajstić information content (AvgIpc) is 2.52. The lowest BCUT2D eigenvalue weighted by Gasteiger charge is -2.17. The van der Waals surface area contributed by atoms with Crippen LogP contribution in [0.4, 0.5) is 18.9 Å². The Morgan fingerprint density at radius 2 is 1.62 bits per heavy atom. The van der Waals surface area contributed by atoms with Crippen LogP contribution in [0.25, 0.3) is 0 Å². The molecular weight excluding hydrogens is 412 g/mol. The summed E-state index contributed by atoms with van der Waals surface area (Å²) in [6, 6.07) is 7.66. The average molecular weight is 426 g/mol.